The molecule has 0 fully saturated rings. The molecular formula is C16H16O3S. The first-order chi connectivity index (χ1) is 9.67. The fourth-order valence-electron chi connectivity index (χ4n) is 1.90. The molecule has 1 aromatic carbocycles. The number of aryl methyl sites for hydroxylation is 1. The monoisotopic (exact) mass is 288 g/mol. The SMILES string of the molecule is COC(=O)C(=CC=Cc1sc2ccccc2c1C)OC. The number of thiophene rings is 1. The summed E-state index contributed by atoms with van der Waals surface area (Å²) in [7, 11) is 2.77. The van der Waals surface area contributed by atoms with Crippen molar-refractivity contribution in [3.63, 3.8) is 0 Å². The number of methoxy groups -OCH3 is 2. The third-order valence-electron chi connectivity index (χ3n) is 2.98. The van der Waals surface area contributed by atoms with Crippen molar-refractivity contribution in [1.82, 2.24) is 0 Å². The topological polar surface area (TPSA) is 35.5 Å². The zero-order valence-corrected chi connectivity index (χ0v) is 12.5. The highest BCUT2D eigenvalue weighted by Crippen LogP contribution is 2.31. The lowest BCUT2D eigenvalue weighted by molar-refractivity contribution is -0.139. The maximum Gasteiger partial charge on any atom is 0.373 e. The minimum atomic E-state index is -0.481. The van der Waals surface area contributed by atoms with E-state index in [1.165, 1.54) is 34.7 Å². The van der Waals surface area contributed by atoms with Crippen molar-refractivity contribution in [3.8, 4) is 0 Å². The fourth-order valence-corrected chi connectivity index (χ4v) is 3.02. The van der Waals surface area contributed by atoms with Crippen LogP contribution in [0.2, 0.25) is 0 Å². The zero-order valence-electron chi connectivity index (χ0n) is 11.7. The number of allylic oxidation sites excluding steroid dienone is 2. The molecule has 0 unspecified atom stereocenters. The van der Waals surface area contributed by atoms with Gasteiger partial charge in [0.05, 0.1) is 14.2 Å². The van der Waals surface area contributed by atoms with Crippen molar-refractivity contribution in [1.29, 1.82) is 0 Å². The molecule has 104 valence electrons. The molecule has 0 atom stereocenters. The Morgan fingerprint density at radius 3 is 2.60 bits per heavy atom. The first kappa shape index (κ1) is 14.3. The van der Waals surface area contributed by atoms with Crippen LogP contribution in [-0.4, -0.2) is 20.2 Å². The smallest absolute Gasteiger partial charge is 0.373 e. The normalized spacial score (nSPS) is 12.1. The summed E-state index contributed by atoms with van der Waals surface area (Å²) in [6.07, 6.45) is 5.38. The van der Waals surface area contributed by atoms with Gasteiger partial charge in [-0.25, -0.2) is 4.79 Å². The molecule has 3 nitrogen and oxygen atoms in total. The van der Waals surface area contributed by atoms with Gasteiger partial charge in [-0.3, -0.25) is 0 Å². The zero-order chi connectivity index (χ0) is 14.5. The van der Waals surface area contributed by atoms with Crippen LogP contribution in [0.1, 0.15) is 10.4 Å². The number of hydrogen-bond donors (Lipinski definition) is 0. The van der Waals surface area contributed by atoms with Crippen molar-refractivity contribution < 1.29 is 14.3 Å². The predicted octanol–water partition coefficient (Wildman–Crippen LogP) is 3.93. The number of fused-ring (bicyclic) bond motifs is 1. The van der Waals surface area contributed by atoms with E-state index in [0.29, 0.717) is 0 Å². The number of rotatable bonds is 4. The molecule has 20 heavy (non-hydrogen) atoms. The Balaban J connectivity index is 2.28. The molecular weight excluding hydrogens is 272 g/mol. The highest BCUT2D eigenvalue weighted by atomic mass is 32.1. The summed E-state index contributed by atoms with van der Waals surface area (Å²) < 4.78 is 10.8. The van der Waals surface area contributed by atoms with Gasteiger partial charge in [0.1, 0.15) is 0 Å². The number of esters is 1. The van der Waals surface area contributed by atoms with Gasteiger partial charge in [0, 0.05) is 9.58 Å². The van der Waals surface area contributed by atoms with E-state index in [9.17, 15) is 4.79 Å². The van der Waals surface area contributed by atoms with Crippen molar-refractivity contribution in [2.75, 3.05) is 14.2 Å². The van der Waals surface area contributed by atoms with E-state index in [1.807, 2.05) is 18.2 Å². The van der Waals surface area contributed by atoms with Crippen LogP contribution >= 0.6 is 11.3 Å². The Labute approximate surface area is 122 Å². The first-order valence-corrected chi connectivity index (χ1v) is 6.97. The average Bonchev–Trinajstić information content (AvgIpc) is 2.80. The highest BCUT2D eigenvalue weighted by molar-refractivity contribution is 7.20. The molecule has 1 heterocycles. The van der Waals surface area contributed by atoms with Gasteiger partial charge in [0.25, 0.3) is 0 Å². The minimum absolute atomic E-state index is 0.183. The Morgan fingerprint density at radius 1 is 1.20 bits per heavy atom. The minimum Gasteiger partial charge on any atom is -0.490 e. The van der Waals surface area contributed by atoms with Crippen LogP contribution in [0.15, 0.2) is 42.2 Å². The first-order valence-electron chi connectivity index (χ1n) is 6.16. The highest BCUT2D eigenvalue weighted by Gasteiger charge is 2.08. The predicted molar refractivity (Wildman–Crippen MR) is 82.7 cm³/mol. The van der Waals surface area contributed by atoms with Crippen molar-refractivity contribution in [3.05, 3.63) is 52.6 Å². The molecule has 0 amide bonds. The van der Waals surface area contributed by atoms with Crippen LogP contribution in [0.5, 0.6) is 0 Å². The fraction of sp³-hybridized carbons (Fsp3) is 0.188. The Kier molecular flexibility index (Phi) is 4.58. The Hall–Kier alpha value is -2.07. The molecule has 0 aliphatic carbocycles. The second-order valence-corrected chi connectivity index (χ2v) is 5.26. The Morgan fingerprint density at radius 2 is 1.95 bits per heavy atom. The molecule has 0 bridgehead atoms. The van der Waals surface area contributed by atoms with E-state index in [1.54, 1.807) is 23.5 Å². The van der Waals surface area contributed by atoms with Gasteiger partial charge in [0.15, 0.2) is 0 Å². The number of ether oxygens (including phenoxy) is 2. The standard InChI is InChI=1S/C16H16O3S/c1-11-12-7-4-5-9-15(12)20-14(11)10-6-8-13(18-2)16(17)19-3/h4-10H,1-3H3. The molecule has 0 aliphatic rings. The lowest BCUT2D eigenvalue weighted by Crippen LogP contribution is -2.05. The molecule has 0 radical (unpaired) electrons. The number of carbonyl (C=O) groups excluding carboxylic acids is 1. The van der Waals surface area contributed by atoms with Gasteiger partial charge in [-0.1, -0.05) is 24.3 Å². The van der Waals surface area contributed by atoms with E-state index in [4.69, 9.17) is 4.74 Å². The van der Waals surface area contributed by atoms with Gasteiger partial charge in [-0.15, -0.1) is 11.3 Å². The summed E-state index contributed by atoms with van der Waals surface area (Å²) in [6.45, 7) is 2.10. The molecule has 0 aliphatic heterocycles. The maximum absolute atomic E-state index is 11.3. The lowest BCUT2D eigenvalue weighted by atomic mass is 10.1. The van der Waals surface area contributed by atoms with Crippen molar-refractivity contribution >= 4 is 33.5 Å². The van der Waals surface area contributed by atoms with Gasteiger partial charge >= 0.3 is 5.97 Å². The number of hydrogen-bond acceptors (Lipinski definition) is 4. The molecule has 4 heteroatoms. The quantitative estimate of drug-likeness (QED) is 0.370. The summed E-state index contributed by atoms with van der Waals surface area (Å²) in [6, 6.07) is 8.29. The average molecular weight is 288 g/mol. The summed E-state index contributed by atoms with van der Waals surface area (Å²) >= 11 is 1.72. The van der Waals surface area contributed by atoms with Crippen LogP contribution in [0, 0.1) is 6.92 Å². The second kappa shape index (κ2) is 6.39. The van der Waals surface area contributed by atoms with Gasteiger partial charge in [0.2, 0.25) is 5.76 Å². The number of benzene rings is 1. The molecule has 2 aromatic rings. The Bertz CT molecular complexity index is 680. The van der Waals surface area contributed by atoms with Crippen LogP contribution < -0.4 is 0 Å². The second-order valence-electron chi connectivity index (χ2n) is 4.17. The van der Waals surface area contributed by atoms with Gasteiger partial charge < -0.3 is 9.47 Å². The molecule has 1 aromatic heterocycles. The van der Waals surface area contributed by atoms with Crippen molar-refractivity contribution in [2.45, 2.75) is 6.92 Å². The van der Waals surface area contributed by atoms with Crippen molar-refractivity contribution in [2.24, 2.45) is 0 Å². The van der Waals surface area contributed by atoms with E-state index in [0.717, 1.165) is 0 Å². The largest absolute Gasteiger partial charge is 0.490 e. The molecule has 2 rings (SSSR count). The van der Waals surface area contributed by atoms with E-state index < -0.39 is 5.97 Å². The molecule has 0 saturated heterocycles. The third-order valence-corrected chi connectivity index (χ3v) is 4.22. The van der Waals surface area contributed by atoms with Gasteiger partial charge in [-0.2, -0.15) is 0 Å². The van der Waals surface area contributed by atoms with Crippen LogP contribution in [0.3, 0.4) is 0 Å². The van der Waals surface area contributed by atoms with Gasteiger partial charge in [-0.05, 0) is 36.1 Å². The van der Waals surface area contributed by atoms with Crippen LogP contribution in [0.4, 0.5) is 0 Å². The third kappa shape index (κ3) is 2.91. The van der Waals surface area contributed by atoms with Crippen LogP contribution in [0.25, 0.3) is 16.2 Å². The summed E-state index contributed by atoms with van der Waals surface area (Å²) in [5.41, 5.74) is 1.24. The molecule has 0 spiro atoms. The number of carbonyl (C=O) groups is 1. The van der Waals surface area contributed by atoms with Crippen LogP contribution in [-0.2, 0) is 14.3 Å². The molecule has 0 saturated carbocycles. The summed E-state index contributed by atoms with van der Waals surface area (Å²) in [5.74, 6) is -0.298. The summed E-state index contributed by atoms with van der Waals surface area (Å²) in [5, 5.41) is 1.26. The van der Waals surface area contributed by atoms with E-state index in [-0.39, 0.29) is 5.76 Å². The maximum atomic E-state index is 11.3. The van der Waals surface area contributed by atoms with E-state index in [2.05, 4.69) is 23.8 Å². The van der Waals surface area contributed by atoms with E-state index >= 15 is 0 Å². The molecule has 0 N–H and O–H groups in total. The summed E-state index contributed by atoms with van der Waals surface area (Å²) in [4.78, 5) is 12.5. The lowest BCUT2D eigenvalue weighted by Gasteiger charge is -2.01.